The first-order valence-electron chi connectivity index (χ1n) is 10.4. The summed E-state index contributed by atoms with van der Waals surface area (Å²) in [6, 6.07) is 16.6. The van der Waals surface area contributed by atoms with E-state index in [4.69, 9.17) is 10.5 Å². The van der Waals surface area contributed by atoms with Gasteiger partial charge in [-0.2, -0.15) is 0 Å². The molecule has 4 rings (SSSR count). The van der Waals surface area contributed by atoms with Gasteiger partial charge in [-0.3, -0.25) is 0 Å². The number of nitrogens with zero attached hydrogens (tertiary/aromatic N) is 2. The molecule has 0 fully saturated rings. The van der Waals surface area contributed by atoms with E-state index in [1.807, 2.05) is 12.1 Å². The molecule has 1 aromatic heterocycles. The Balaban J connectivity index is 0.00000289. The monoisotopic (exact) mass is 476 g/mol. The van der Waals surface area contributed by atoms with Gasteiger partial charge in [0.05, 0.1) is 6.33 Å². The first-order chi connectivity index (χ1) is 14.9. The number of sulfonamides is 1. The second-order valence-electron chi connectivity index (χ2n) is 7.98. The number of aromatic nitrogens is 2. The Kier molecular flexibility index (Phi) is 7.95. The van der Waals surface area contributed by atoms with Gasteiger partial charge >= 0.3 is 0 Å². The van der Waals surface area contributed by atoms with Gasteiger partial charge in [-0.25, -0.2) is 18.1 Å². The maximum Gasteiger partial charge on any atom is 0.259 e. The second-order valence-corrected chi connectivity index (χ2v) is 9.70. The van der Waals surface area contributed by atoms with Gasteiger partial charge in [-0.15, -0.1) is 12.4 Å². The standard InChI is InChI=1S/C23H28N4O3S.ClH/c1-27-15-23(25-16-27)31(28,29)26-11-12-30-19-9-7-18-8-10-22(24)21(20(18)14-19)13-17-5-3-2-4-6-17;/h2-7,9,14-16,21-22,26H,8,10-13,24H2,1H3;1H. The normalized spacial score (nSPS) is 17.9. The molecule has 0 saturated heterocycles. The lowest BCUT2D eigenvalue weighted by molar-refractivity contribution is 0.321. The molecule has 0 amide bonds. The average molecular weight is 477 g/mol. The van der Waals surface area contributed by atoms with E-state index in [-0.39, 0.29) is 42.5 Å². The number of hydrogen-bond acceptors (Lipinski definition) is 5. The topological polar surface area (TPSA) is 99.2 Å². The van der Waals surface area contributed by atoms with Crippen molar-refractivity contribution in [3.05, 3.63) is 77.7 Å². The predicted molar refractivity (Wildman–Crippen MR) is 127 cm³/mol. The summed E-state index contributed by atoms with van der Waals surface area (Å²) in [6.45, 7) is 0.378. The molecule has 2 unspecified atom stereocenters. The number of aryl methyl sites for hydroxylation is 2. The van der Waals surface area contributed by atoms with Gasteiger partial charge in [-0.1, -0.05) is 36.4 Å². The number of halogens is 1. The van der Waals surface area contributed by atoms with E-state index in [0.29, 0.717) is 0 Å². The van der Waals surface area contributed by atoms with Gasteiger partial charge in [0.1, 0.15) is 12.4 Å². The van der Waals surface area contributed by atoms with Crippen LogP contribution in [-0.4, -0.2) is 37.2 Å². The number of fused-ring (bicyclic) bond motifs is 1. The third-order valence-electron chi connectivity index (χ3n) is 5.70. The van der Waals surface area contributed by atoms with Crippen molar-refractivity contribution in [1.29, 1.82) is 0 Å². The van der Waals surface area contributed by atoms with Crippen LogP contribution in [0.3, 0.4) is 0 Å². The van der Waals surface area contributed by atoms with Crippen LogP contribution in [0, 0.1) is 0 Å². The third-order valence-corrected chi connectivity index (χ3v) is 7.04. The largest absolute Gasteiger partial charge is 0.492 e. The molecule has 172 valence electrons. The molecule has 0 saturated carbocycles. The van der Waals surface area contributed by atoms with Crippen LogP contribution < -0.4 is 15.2 Å². The summed E-state index contributed by atoms with van der Waals surface area (Å²) in [5.41, 5.74) is 10.3. The van der Waals surface area contributed by atoms with Crippen LogP contribution in [0.4, 0.5) is 0 Å². The van der Waals surface area contributed by atoms with Crippen molar-refractivity contribution >= 4 is 22.4 Å². The minimum absolute atomic E-state index is 0. The van der Waals surface area contributed by atoms with Crippen molar-refractivity contribution in [3.8, 4) is 5.75 Å². The Bertz CT molecular complexity index is 1140. The molecule has 0 spiro atoms. The number of rotatable bonds is 8. The fourth-order valence-corrected chi connectivity index (χ4v) is 5.06. The van der Waals surface area contributed by atoms with Gasteiger partial charge in [-0.05, 0) is 48.1 Å². The highest BCUT2D eigenvalue weighted by Gasteiger charge is 2.27. The number of benzene rings is 2. The number of imidazole rings is 1. The van der Waals surface area contributed by atoms with Crippen LogP contribution in [0.1, 0.15) is 29.0 Å². The molecule has 3 N–H and O–H groups in total. The second kappa shape index (κ2) is 10.5. The summed E-state index contributed by atoms with van der Waals surface area (Å²) < 4.78 is 34.5. The minimum atomic E-state index is -3.64. The van der Waals surface area contributed by atoms with Gasteiger partial charge in [0.2, 0.25) is 0 Å². The molecule has 0 bridgehead atoms. The molecule has 1 heterocycles. The summed E-state index contributed by atoms with van der Waals surface area (Å²) in [5, 5.41) is 0.00141. The van der Waals surface area contributed by atoms with E-state index in [9.17, 15) is 8.42 Å². The molecule has 0 radical (unpaired) electrons. The van der Waals surface area contributed by atoms with Gasteiger partial charge in [0.25, 0.3) is 10.0 Å². The van der Waals surface area contributed by atoms with Crippen molar-refractivity contribution in [3.63, 3.8) is 0 Å². The van der Waals surface area contributed by atoms with Gasteiger partial charge in [0, 0.05) is 31.7 Å². The van der Waals surface area contributed by atoms with Crippen LogP contribution >= 0.6 is 12.4 Å². The maximum atomic E-state index is 12.2. The molecule has 2 atom stereocenters. The fourth-order valence-electron chi connectivity index (χ4n) is 4.07. The maximum absolute atomic E-state index is 12.2. The van der Waals surface area contributed by atoms with E-state index >= 15 is 0 Å². The number of nitrogens with one attached hydrogen (secondary N) is 1. The summed E-state index contributed by atoms with van der Waals surface area (Å²) in [5.74, 6) is 0.959. The molecule has 3 aromatic rings. The zero-order chi connectivity index (χ0) is 21.8. The molecule has 32 heavy (non-hydrogen) atoms. The summed E-state index contributed by atoms with van der Waals surface area (Å²) in [7, 11) is -1.91. The number of hydrogen-bond donors (Lipinski definition) is 2. The SMILES string of the molecule is Cl.Cn1cnc(S(=O)(=O)NCCOc2ccc3c(c2)C(Cc2ccccc2)C(N)CC3)c1. The summed E-state index contributed by atoms with van der Waals surface area (Å²) >= 11 is 0. The van der Waals surface area contributed by atoms with Gasteiger partial charge < -0.3 is 15.0 Å². The third kappa shape index (κ3) is 5.69. The van der Waals surface area contributed by atoms with Crippen molar-refractivity contribution in [2.24, 2.45) is 12.8 Å². The molecule has 9 heteroatoms. The van der Waals surface area contributed by atoms with Crippen molar-refractivity contribution < 1.29 is 13.2 Å². The zero-order valence-electron chi connectivity index (χ0n) is 18.0. The van der Waals surface area contributed by atoms with Crippen molar-refractivity contribution in [2.75, 3.05) is 13.2 Å². The molecule has 1 aliphatic carbocycles. The first kappa shape index (κ1) is 24.3. The zero-order valence-corrected chi connectivity index (χ0v) is 19.6. The lowest BCUT2D eigenvalue weighted by atomic mass is 9.76. The van der Waals surface area contributed by atoms with Crippen LogP contribution in [0.2, 0.25) is 0 Å². The summed E-state index contributed by atoms with van der Waals surface area (Å²) in [6.07, 6.45) is 5.74. The lowest BCUT2D eigenvalue weighted by Crippen LogP contribution is -2.34. The van der Waals surface area contributed by atoms with Crippen LogP contribution in [0.25, 0.3) is 0 Å². The molecule has 2 aromatic carbocycles. The van der Waals surface area contributed by atoms with E-state index in [2.05, 4.69) is 46.1 Å². The number of ether oxygens (including phenoxy) is 1. The molecule has 0 aliphatic heterocycles. The lowest BCUT2D eigenvalue weighted by Gasteiger charge is -2.32. The first-order valence-corrected chi connectivity index (χ1v) is 11.9. The molecule has 7 nitrogen and oxygen atoms in total. The smallest absolute Gasteiger partial charge is 0.259 e. The Morgan fingerprint density at radius 3 is 2.72 bits per heavy atom. The van der Waals surface area contributed by atoms with Crippen molar-refractivity contribution in [2.45, 2.75) is 36.2 Å². The Morgan fingerprint density at radius 1 is 1.22 bits per heavy atom. The predicted octanol–water partition coefficient (Wildman–Crippen LogP) is 2.80. The quantitative estimate of drug-likeness (QED) is 0.487. The van der Waals surface area contributed by atoms with Crippen molar-refractivity contribution in [1.82, 2.24) is 14.3 Å². The highest BCUT2D eigenvalue weighted by atomic mass is 35.5. The summed E-state index contributed by atoms with van der Waals surface area (Å²) in [4.78, 5) is 3.88. The van der Waals surface area contributed by atoms with Crippen LogP contribution in [-0.2, 0) is 29.9 Å². The average Bonchev–Trinajstić information content (AvgIpc) is 3.21. The fraction of sp³-hybridized carbons (Fsp3) is 0.348. The van der Waals surface area contributed by atoms with Crippen LogP contribution in [0.5, 0.6) is 5.75 Å². The molecule has 1 aliphatic rings. The highest BCUT2D eigenvalue weighted by molar-refractivity contribution is 7.89. The molecular weight excluding hydrogens is 448 g/mol. The van der Waals surface area contributed by atoms with E-state index in [1.165, 1.54) is 29.2 Å². The van der Waals surface area contributed by atoms with Crippen LogP contribution in [0.15, 0.2) is 66.1 Å². The Labute approximate surface area is 195 Å². The van der Waals surface area contributed by atoms with Gasteiger partial charge in [0.15, 0.2) is 5.03 Å². The Morgan fingerprint density at radius 2 is 2.00 bits per heavy atom. The minimum Gasteiger partial charge on any atom is -0.492 e. The van der Waals surface area contributed by atoms with E-state index < -0.39 is 10.0 Å². The highest BCUT2D eigenvalue weighted by Crippen LogP contribution is 2.35. The van der Waals surface area contributed by atoms with E-state index in [0.717, 1.165) is 25.0 Å². The molecular formula is C23H29ClN4O3S. The number of nitrogens with two attached hydrogens (primary N) is 1. The Hall–Kier alpha value is -2.39. The van der Waals surface area contributed by atoms with E-state index in [1.54, 1.807) is 11.6 Å².